The number of carbonyl (C=O) groups is 1. The summed E-state index contributed by atoms with van der Waals surface area (Å²) in [5.41, 5.74) is -0.980. The summed E-state index contributed by atoms with van der Waals surface area (Å²) >= 11 is 0.823. The van der Waals surface area contributed by atoms with Crippen molar-refractivity contribution in [2.75, 3.05) is 6.61 Å². The minimum Gasteiger partial charge on any atom is -0.462 e. The molecule has 1 heterocycles. The highest BCUT2D eigenvalue weighted by atomic mass is 32.2. The third-order valence-corrected chi connectivity index (χ3v) is 7.05. The van der Waals surface area contributed by atoms with Gasteiger partial charge in [-0.15, -0.1) is 5.10 Å². The first-order chi connectivity index (χ1) is 18.9. The maximum atomic E-state index is 12.8. The van der Waals surface area contributed by atoms with E-state index in [1.54, 1.807) is 24.3 Å². The lowest BCUT2D eigenvalue weighted by molar-refractivity contribution is -0.396. The predicted octanol–water partition coefficient (Wildman–Crippen LogP) is 6.71. The maximum absolute atomic E-state index is 12.8. The van der Waals surface area contributed by atoms with Crippen LogP contribution in [0.15, 0.2) is 52.5 Å². The highest BCUT2D eigenvalue weighted by molar-refractivity contribution is 7.99. The van der Waals surface area contributed by atoms with Crippen LogP contribution in [0.1, 0.15) is 81.5 Å². The minimum absolute atomic E-state index is 0.0246. The van der Waals surface area contributed by atoms with Gasteiger partial charge in [0, 0.05) is 0 Å². The Morgan fingerprint density at radius 1 is 0.897 bits per heavy atom. The molecule has 13 heteroatoms. The van der Waals surface area contributed by atoms with E-state index in [9.17, 15) is 25.0 Å². The molecule has 3 aromatic rings. The second kappa shape index (κ2) is 15.5. The molecular formula is C26H32N6O6S. The summed E-state index contributed by atoms with van der Waals surface area (Å²) in [5.74, 6) is -0.906. The number of ether oxygens (including phenoxy) is 1. The summed E-state index contributed by atoms with van der Waals surface area (Å²) in [7, 11) is 0. The van der Waals surface area contributed by atoms with Crippen LogP contribution < -0.4 is 0 Å². The summed E-state index contributed by atoms with van der Waals surface area (Å²) in [6.45, 7) is 2.31. The summed E-state index contributed by atoms with van der Waals surface area (Å²) in [4.78, 5) is 34.6. The van der Waals surface area contributed by atoms with Gasteiger partial charge in [-0.1, -0.05) is 82.9 Å². The lowest BCUT2D eigenvalue weighted by Crippen LogP contribution is -2.10. The van der Waals surface area contributed by atoms with Gasteiger partial charge in [-0.2, -0.15) is 4.68 Å². The molecule has 0 spiro atoms. The molecule has 0 radical (unpaired) electrons. The smallest absolute Gasteiger partial charge is 0.345 e. The molecule has 0 fully saturated rings. The largest absolute Gasteiger partial charge is 0.462 e. The molecule has 208 valence electrons. The first-order valence-electron chi connectivity index (χ1n) is 13.1. The van der Waals surface area contributed by atoms with Crippen molar-refractivity contribution >= 4 is 29.1 Å². The van der Waals surface area contributed by atoms with E-state index in [1.165, 1.54) is 43.2 Å². The zero-order valence-electron chi connectivity index (χ0n) is 21.9. The molecule has 1 aromatic heterocycles. The molecule has 0 aliphatic rings. The number of tetrazole rings is 1. The fourth-order valence-corrected chi connectivity index (χ4v) is 4.92. The number of para-hydroxylation sites is 1. The molecule has 2 aromatic carbocycles. The van der Waals surface area contributed by atoms with Gasteiger partial charge in [-0.05, 0) is 46.8 Å². The normalized spacial score (nSPS) is 10.9. The molecule has 0 saturated heterocycles. The molecule has 0 N–H and O–H groups in total. The highest BCUT2D eigenvalue weighted by Crippen LogP contribution is 2.39. The fourth-order valence-electron chi connectivity index (χ4n) is 4.00. The first-order valence-corrected chi connectivity index (χ1v) is 13.9. The van der Waals surface area contributed by atoms with Crippen LogP contribution in [0.4, 0.5) is 11.4 Å². The summed E-state index contributed by atoms with van der Waals surface area (Å²) < 4.78 is 6.68. The van der Waals surface area contributed by atoms with Crippen LogP contribution in [-0.2, 0) is 4.74 Å². The number of hydrogen-bond acceptors (Lipinski definition) is 10. The van der Waals surface area contributed by atoms with Gasteiger partial charge in [0.2, 0.25) is 5.16 Å². The molecule has 0 aliphatic carbocycles. The quantitative estimate of drug-likeness (QED) is 0.0757. The Morgan fingerprint density at radius 3 is 2.13 bits per heavy atom. The van der Waals surface area contributed by atoms with Crippen molar-refractivity contribution in [3.8, 4) is 5.69 Å². The third-order valence-electron chi connectivity index (χ3n) is 6.06. The zero-order chi connectivity index (χ0) is 28.0. The van der Waals surface area contributed by atoms with Gasteiger partial charge in [0.15, 0.2) is 0 Å². The van der Waals surface area contributed by atoms with E-state index in [0.717, 1.165) is 43.2 Å². The van der Waals surface area contributed by atoms with Crippen molar-refractivity contribution in [1.82, 2.24) is 20.2 Å². The number of esters is 1. The highest BCUT2D eigenvalue weighted by Gasteiger charge is 2.30. The van der Waals surface area contributed by atoms with Crippen molar-refractivity contribution in [2.45, 2.75) is 81.2 Å². The van der Waals surface area contributed by atoms with E-state index < -0.39 is 27.2 Å². The van der Waals surface area contributed by atoms with Crippen molar-refractivity contribution in [3.05, 3.63) is 68.3 Å². The standard InChI is InChI=1S/C26H32N6O6S/c1-2-3-4-5-6-7-8-9-10-14-17-38-25(33)21-18-24(23(32(36)37)19-22(21)31(34)35)39-26-27-28-29-30(26)20-15-12-11-13-16-20/h11-13,15-16,18-19H,2-10,14,17H2,1H3. The molecular weight excluding hydrogens is 524 g/mol. The number of aromatic nitrogens is 4. The molecule has 12 nitrogen and oxygen atoms in total. The van der Waals surface area contributed by atoms with Gasteiger partial charge in [-0.25, -0.2) is 4.79 Å². The van der Waals surface area contributed by atoms with E-state index in [2.05, 4.69) is 22.4 Å². The second-order valence-corrected chi connectivity index (χ2v) is 9.99. The number of unbranched alkanes of at least 4 members (excludes halogenated alkanes) is 9. The van der Waals surface area contributed by atoms with Crippen LogP contribution >= 0.6 is 11.8 Å². The molecule has 3 rings (SSSR count). The molecule has 0 aliphatic heterocycles. The lowest BCUT2D eigenvalue weighted by Gasteiger charge is -2.09. The van der Waals surface area contributed by atoms with Crippen LogP contribution in [-0.4, -0.2) is 42.6 Å². The number of rotatable bonds is 17. The maximum Gasteiger partial charge on any atom is 0.345 e. The van der Waals surface area contributed by atoms with E-state index in [0.29, 0.717) is 12.1 Å². The number of nitro groups is 2. The van der Waals surface area contributed by atoms with Crippen LogP contribution in [0, 0.1) is 20.2 Å². The third kappa shape index (κ3) is 8.84. The molecule has 0 unspecified atom stereocenters. The Hall–Kier alpha value is -3.87. The first kappa shape index (κ1) is 29.7. The van der Waals surface area contributed by atoms with Crippen LogP contribution in [0.2, 0.25) is 0 Å². The monoisotopic (exact) mass is 556 g/mol. The average molecular weight is 557 g/mol. The van der Waals surface area contributed by atoms with E-state index in [4.69, 9.17) is 4.74 Å². The molecule has 0 amide bonds. The Balaban J connectivity index is 1.66. The SMILES string of the molecule is CCCCCCCCCCCCOC(=O)c1cc(Sc2nnnn2-c2ccccc2)c([N+](=O)[O-])cc1[N+](=O)[O-]. The van der Waals surface area contributed by atoms with Gasteiger partial charge < -0.3 is 4.74 Å². The van der Waals surface area contributed by atoms with Gasteiger partial charge >= 0.3 is 5.97 Å². The van der Waals surface area contributed by atoms with E-state index in [1.807, 2.05) is 6.07 Å². The average Bonchev–Trinajstić information content (AvgIpc) is 3.39. The Morgan fingerprint density at radius 2 is 1.51 bits per heavy atom. The molecule has 0 bridgehead atoms. The van der Waals surface area contributed by atoms with Crippen LogP contribution in [0.3, 0.4) is 0 Å². The topological polar surface area (TPSA) is 156 Å². The molecule has 0 atom stereocenters. The summed E-state index contributed by atoms with van der Waals surface area (Å²) in [6.07, 6.45) is 11.2. The Bertz CT molecular complexity index is 1250. The number of nitro benzene ring substituents is 2. The van der Waals surface area contributed by atoms with Crippen molar-refractivity contribution in [1.29, 1.82) is 0 Å². The predicted molar refractivity (Wildman–Crippen MR) is 145 cm³/mol. The fraction of sp³-hybridized carbons (Fsp3) is 0.462. The second-order valence-electron chi connectivity index (χ2n) is 8.98. The zero-order valence-corrected chi connectivity index (χ0v) is 22.7. The molecule has 0 saturated carbocycles. The Labute approximate surface area is 230 Å². The number of hydrogen-bond donors (Lipinski definition) is 0. The molecule has 39 heavy (non-hydrogen) atoms. The number of carbonyl (C=O) groups excluding carboxylic acids is 1. The minimum atomic E-state index is -0.906. The van der Waals surface area contributed by atoms with E-state index >= 15 is 0 Å². The lowest BCUT2D eigenvalue weighted by atomic mass is 10.1. The van der Waals surface area contributed by atoms with E-state index in [-0.39, 0.29) is 22.2 Å². The summed E-state index contributed by atoms with van der Waals surface area (Å²) in [5, 5.41) is 35.1. The van der Waals surface area contributed by atoms with Crippen LogP contribution in [0.25, 0.3) is 5.69 Å². The van der Waals surface area contributed by atoms with Gasteiger partial charge in [0.05, 0.1) is 33.1 Å². The van der Waals surface area contributed by atoms with Gasteiger partial charge in [-0.3, -0.25) is 20.2 Å². The van der Waals surface area contributed by atoms with Gasteiger partial charge in [0.1, 0.15) is 5.56 Å². The van der Waals surface area contributed by atoms with Gasteiger partial charge in [0.25, 0.3) is 11.4 Å². The Kier molecular flexibility index (Phi) is 11.8. The van der Waals surface area contributed by atoms with Crippen molar-refractivity contribution in [2.24, 2.45) is 0 Å². The summed E-state index contributed by atoms with van der Waals surface area (Å²) in [6, 6.07) is 10.8. The van der Waals surface area contributed by atoms with Crippen molar-refractivity contribution in [3.63, 3.8) is 0 Å². The van der Waals surface area contributed by atoms with Crippen LogP contribution in [0.5, 0.6) is 0 Å². The number of nitrogens with zero attached hydrogens (tertiary/aromatic N) is 6. The number of benzene rings is 2. The van der Waals surface area contributed by atoms with Crippen molar-refractivity contribution < 1.29 is 19.4 Å².